The molecule has 0 atom stereocenters. The monoisotopic (exact) mass is 379 g/mol. The lowest BCUT2D eigenvalue weighted by Crippen LogP contribution is -2.10. The summed E-state index contributed by atoms with van der Waals surface area (Å²) in [5, 5.41) is 14.2. The summed E-state index contributed by atoms with van der Waals surface area (Å²) in [6, 6.07) is 14.9. The molecular formula is C20H21N5O3. The number of benzene rings is 2. The van der Waals surface area contributed by atoms with Gasteiger partial charge in [-0.2, -0.15) is 10.1 Å². The Morgan fingerprint density at radius 2 is 1.93 bits per heavy atom. The number of hydrogen-bond donors (Lipinski definition) is 2. The van der Waals surface area contributed by atoms with Crippen molar-refractivity contribution in [2.75, 3.05) is 31.4 Å². The van der Waals surface area contributed by atoms with Gasteiger partial charge in [-0.15, -0.1) is 5.10 Å². The molecule has 28 heavy (non-hydrogen) atoms. The molecule has 8 heteroatoms. The number of nitrogens with zero attached hydrogens (tertiary/aromatic N) is 3. The molecule has 1 aromatic heterocycles. The normalized spacial score (nSPS) is 10.2. The molecular weight excluding hydrogens is 358 g/mol. The number of carbonyl (C=O) groups excluding carboxylic acids is 1. The average Bonchev–Trinajstić information content (AvgIpc) is 2.74. The molecule has 2 N–H and O–H groups in total. The molecule has 3 rings (SSSR count). The maximum atomic E-state index is 11.6. The summed E-state index contributed by atoms with van der Waals surface area (Å²) in [6.07, 6.45) is 2.33. The summed E-state index contributed by atoms with van der Waals surface area (Å²) in [4.78, 5) is 16.0. The first-order valence-electron chi connectivity index (χ1n) is 8.70. The molecule has 0 aliphatic heterocycles. The second-order valence-electron chi connectivity index (χ2n) is 5.89. The first-order valence-corrected chi connectivity index (χ1v) is 8.70. The maximum absolute atomic E-state index is 11.6. The summed E-state index contributed by atoms with van der Waals surface area (Å²) in [7, 11) is 2.99. The minimum atomic E-state index is -0.398. The molecule has 2 aromatic carbocycles. The van der Waals surface area contributed by atoms with Crippen LogP contribution in [0.2, 0.25) is 0 Å². The Morgan fingerprint density at radius 1 is 1.11 bits per heavy atom. The number of rotatable bonds is 8. The van der Waals surface area contributed by atoms with Crippen LogP contribution in [0.4, 0.5) is 17.5 Å². The molecule has 0 saturated heterocycles. The highest BCUT2D eigenvalue weighted by atomic mass is 16.5. The third kappa shape index (κ3) is 5.16. The average molecular weight is 379 g/mol. The van der Waals surface area contributed by atoms with E-state index in [0.29, 0.717) is 29.6 Å². The molecule has 0 aliphatic carbocycles. The van der Waals surface area contributed by atoms with E-state index in [1.54, 1.807) is 25.3 Å². The van der Waals surface area contributed by atoms with Crippen molar-refractivity contribution < 1.29 is 14.3 Å². The third-order valence-electron chi connectivity index (χ3n) is 3.97. The Bertz CT molecular complexity index is 931. The predicted molar refractivity (Wildman–Crippen MR) is 106 cm³/mol. The first-order chi connectivity index (χ1) is 13.7. The van der Waals surface area contributed by atoms with Crippen LogP contribution in [0, 0.1) is 0 Å². The summed E-state index contributed by atoms with van der Waals surface area (Å²) < 4.78 is 9.89. The van der Waals surface area contributed by atoms with Crippen LogP contribution in [0.3, 0.4) is 0 Å². The molecule has 0 saturated carbocycles. The molecule has 144 valence electrons. The van der Waals surface area contributed by atoms with Gasteiger partial charge >= 0.3 is 5.97 Å². The van der Waals surface area contributed by atoms with Crippen molar-refractivity contribution in [3.8, 4) is 5.75 Å². The summed E-state index contributed by atoms with van der Waals surface area (Å²) in [5.41, 5.74) is 2.33. The van der Waals surface area contributed by atoms with Gasteiger partial charge in [0.2, 0.25) is 5.95 Å². The van der Waals surface area contributed by atoms with Crippen LogP contribution in [-0.4, -0.2) is 41.9 Å². The van der Waals surface area contributed by atoms with Crippen LogP contribution in [0.1, 0.15) is 15.9 Å². The number of aromatic nitrogens is 3. The second kappa shape index (κ2) is 9.31. The fourth-order valence-electron chi connectivity index (χ4n) is 2.54. The van der Waals surface area contributed by atoms with Crippen LogP contribution in [0.25, 0.3) is 0 Å². The zero-order valence-electron chi connectivity index (χ0n) is 15.7. The Morgan fingerprint density at radius 3 is 2.68 bits per heavy atom. The lowest BCUT2D eigenvalue weighted by Gasteiger charge is -2.09. The zero-order valence-corrected chi connectivity index (χ0v) is 15.7. The molecule has 0 amide bonds. The Balaban J connectivity index is 1.58. The van der Waals surface area contributed by atoms with E-state index >= 15 is 0 Å². The van der Waals surface area contributed by atoms with E-state index in [1.807, 2.05) is 30.3 Å². The molecule has 0 spiro atoms. The quantitative estimate of drug-likeness (QED) is 0.576. The SMILES string of the molecule is COC(=O)c1cccc(Nc2cnnc(NCCc3ccc(OC)cc3)n2)c1. The van der Waals surface area contributed by atoms with Crippen molar-refractivity contribution in [1.82, 2.24) is 15.2 Å². The van der Waals surface area contributed by atoms with E-state index in [0.717, 1.165) is 12.2 Å². The van der Waals surface area contributed by atoms with Crippen LogP contribution in [0.5, 0.6) is 5.75 Å². The number of esters is 1. The van der Waals surface area contributed by atoms with Crippen molar-refractivity contribution in [3.05, 3.63) is 65.9 Å². The van der Waals surface area contributed by atoms with Gasteiger partial charge < -0.3 is 20.1 Å². The molecule has 0 fully saturated rings. The molecule has 3 aromatic rings. The van der Waals surface area contributed by atoms with Gasteiger partial charge in [0.25, 0.3) is 0 Å². The van der Waals surface area contributed by atoms with Gasteiger partial charge in [0, 0.05) is 12.2 Å². The van der Waals surface area contributed by atoms with E-state index in [1.165, 1.54) is 18.9 Å². The number of ether oxygens (including phenoxy) is 2. The Kier molecular flexibility index (Phi) is 6.35. The van der Waals surface area contributed by atoms with Crippen LogP contribution >= 0.6 is 0 Å². The van der Waals surface area contributed by atoms with E-state index < -0.39 is 5.97 Å². The van der Waals surface area contributed by atoms with Gasteiger partial charge in [0.15, 0.2) is 5.82 Å². The summed E-state index contributed by atoms with van der Waals surface area (Å²) in [6.45, 7) is 0.662. The Hall–Kier alpha value is -3.68. The van der Waals surface area contributed by atoms with Gasteiger partial charge in [0.05, 0.1) is 26.0 Å². The highest BCUT2D eigenvalue weighted by Crippen LogP contribution is 2.17. The maximum Gasteiger partial charge on any atom is 0.337 e. The molecule has 8 nitrogen and oxygen atoms in total. The largest absolute Gasteiger partial charge is 0.497 e. The summed E-state index contributed by atoms with van der Waals surface area (Å²) >= 11 is 0. The fraction of sp³-hybridized carbons (Fsp3) is 0.200. The van der Waals surface area contributed by atoms with E-state index in [-0.39, 0.29) is 0 Å². The highest BCUT2D eigenvalue weighted by molar-refractivity contribution is 5.90. The first kappa shape index (κ1) is 19.1. The van der Waals surface area contributed by atoms with Gasteiger partial charge in [-0.1, -0.05) is 18.2 Å². The summed E-state index contributed by atoms with van der Waals surface area (Å²) in [5.74, 6) is 1.37. The van der Waals surface area contributed by atoms with Crippen LogP contribution < -0.4 is 15.4 Å². The third-order valence-corrected chi connectivity index (χ3v) is 3.97. The van der Waals surface area contributed by atoms with Crippen molar-refractivity contribution in [1.29, 1.82) is 0 Å². The smallest absolute Gasteiger partial charge is 0.337 e. The van der Waals surface area contributed by atoms with E-state index in [9.17, 15) is 4.79 Å². The van der Waals surface area contributed by atoms with Gasteiger partial charge in [0.1, 0.15) is 5.75 Å². The highest BCUT2D eigenvalue weighted by Gasteiger charge is 2.07. The number of carbonyl (C=O) groups is 1. The fourth-order valence-corrected chi connectivity index (χ4v) is 2.54. The lowest BCUT2D eigenvalue weighted by molar-refractivity contribution is 0.0601. The molecule has 0 radical (unpaired) electrons. The van der Waals surface area contributed by atoms with Crippen molar-refractivity contribution >= 4 is 23.4 Å². The minimum Gasteiger partial charge on any atom is -0.497 e. The number of hydrogen-bond acceptors (Lipinski definition) is 8. The number of anilines is 3. The van der Waals surface area contributed by atoms with Gasteiger partial charge in [-0.25, -0.2) is 4.79 Å². The van der Waals surface area contributed by atoms with Crippen molar-refractivity contribution in [3.63, 3.8) is 0 Å². The van der Waals surface area contributed by atoms with Gasteiger partial charge in [-0.05, 0) is 42.3 Å². The minimum absolute atomic E-state index is 0.398. The molecule has 1 heterocycles. The number of nitrogens with one attached hydrogen (secondary N) is 2. The second-order valence-corrected chi connectivity index (χ2v) is 5.89. The Labute approximate surface area is 162 Å². The van der Waals surface area contributed by atoms with E-state index in [4.69, 9.17) is 9.47 Å². The topological polar surface area (TPSA) is 98.3 Å². The number of methoxy groups -OCH3 is 2. The van der Waals surface area contributed by atoms with Crippen molar-refractivity contribution in [2.45, 2.75) is 6.42 Å². The predicted octanol–water partition coefficient (Wildman–Crippen LogP) is 3.07. The van der Waals surface area contributed by atoms with Gasteiger partial charge in [-0.3, -0.25) is 0 Å². The zero-order chi connectivity index (χ0) is 19.8. The lowest BCUT2D eigenvalue weighted by atomic mass is 10.1. The van der Waals surface area contributed by atoms with E-state index in [2.05, 4.69) is 25.8 Å². The molecule has 0 unspecified atom stereocenters. The molecule has 0 bridgehead atoms. The van der Waals surface area contributed by atoms with Crippen molar-refractivity contribution in [2.24, 2.45) is 0 Å². The van der Waals surface area contributed by atoms with Crippen LogP contribution in [0.15, 0.2) is 54.7 Å². The molecule has 0 aliphatic rings. The standard InChI is InChI=1S/C20H21N5O3/c1-27-17-8-6-14(7-9-17)10-11-21-20-24-18(13-22-25-20)23-16-5-3-4-15(12-16)19(26)28-2/h3-9,12-13H,10-11H2,1-2H3,(H2,21,23,24,25). The van der Waals surface area contributed by atoms with Crippen LogP contribution in [-0.2, 0) is 11.2 Å².